The van der Waals surface area contributed by atoms with Crippen molar-refractivity contribution in [3.8, 4) is 0 Å². The van der Waals surface area contributed by atoms with Crippen LogP contribution in [0, 0.1) is 5.41 Å². The van der Waals surface area contributed by atoms with E-state index >= 15 is 0 Å². The van der Waals surface area contributed by atoms with Gasteiger partial charge in [-0.1, -0.05) is 90.8 Å². The smallest absolute Gasteiger partial charge is 0.0104 e. The van der Waals surface area contributed by atoms with Gasteiger partial charge in [-0.3, -0.25) is 0 Å². The van der Waals surface area contributed by atoms with Gasteiger partial charge in [0.05, 0.1) is 0 Å². The second-order valence-electron chi connectivity index (χ2n) is 7.84. The van der Waals surface area contributed by atoms with Crippen LogP contribution in [0.15, 0.2) is 82.5 Å². The minimum atomic E-state index is 0.311. The average Bonchev–Trinajstić information content (AvgIpc) is 2.53. The number of hydrogen-bond donors (Lipinski definition) is 0. The summed E-state index contributed by atoms with van der Waals surface area (Å²) in [4.78, 5) is 0. The Kier molecular flexibility index (Phi) is 8.69. The molecule has 0 N–H and O–H groups in total. The molecule has 0 saturated carbocycles. The molecule has 136 valence electrons. The highest BCUT2D eigenvalue weighted by Crippen LogP contribution is 2.40. The van der Waals surface area contributed by atoms with E-state index < -0.39 is 0 Å². The van der Waals surface area contributed by atoms with Crippen molar-refractivity contribution in [1.29, 1.82) is 0 Å². The zero-order chi connectivity index (χ0) is 18.9. The summed E-state index contributed by atoms with van der Waals surface area (Å²) in [5.41, 5.74) is 7.20. The average molecular weight is 337 g/mol. The van der Waals surface area contributed by atoms with Gasteiger partial charge >= 0.3 is 0 Å². The number of allylic oxidation sites excluding steroid dienone is 14. The van der Waals surface area contributed by atoms with Crippen LogP contribution in [0.5, 0.6) is 0 Å². The first-order valence-corrected chi connectivity index (χ1v) is 9.47. The van der Waals surface area contributed by atoms with Crippen molar-refractivity contribution in [2.75, 3.05) is 0 Å². The fraction of sp³-hybridized carbons (Fsp3) is 0.440. The van der Waals surface area contributed by atoms with Crippen LogP contribution in [-0.4, -0.2) is 0 Å². The monoisotopic (exact) mass is 336 g/mol. The molecule has 0 bridgehead atoms. The molecule has 0 unspecified atom stereocenters. The van der Waals surface area contributed by atoms with Gasteiger partial charge in [-0.05, 0) is 64.9 Å². The highest BCUT2D eigenvalue weighted by atomic mass is 14.3. The Hall–Kier alpha value is -1.82. The molecule has 0 radical (unpaired) electrons. The van der Waals surface area contributed by atoms with Crippen LogP contribution < -0.4 is 0 Å². The molecular formula is C25H36. The molecule has 0 aromatic heterocycles. The lowest BCUT2D eigenvalue weighted by molar-refractivity contribution is 0.377. The predicted octanol–water partition coefficient (Wildman–Crippen LogP) is 8.04. The Morgan fingerprint density at radius 1 is 0.880 bits per heavy atom. The van der Waals surface area contributed by atoms with Crippen molar-refractivity contribution < 1.29 is 0 Å². The fourth-order valence-electron chi connectivity index (χ4n) is 3.14. The maximum absolute atomic E-state index is 2.37. The minimum Gasteiger partial charge on any atom is -0.0847 e. The lowest BCUT2D eigenvalue weighted by Gasteiger charge is -2.32. The third-order valence-corrected chi connectivity index (χ3v) is 4.95. The Labute approximate surface area is 156 Å². The van der Waals surface area contributed by atoms with E-state index in [1.54, 1.807) is 5.57 Å². The SMILES string of the molecule is C/C=C(C)/C=C/C=C(C)/C=C/C=C(C)/C=C/C1=C(C)CCCC1(C)C. The number of hydrogen-bond acceptors (Lipinski definition) is 0. The molecule has 0 fully saturated rings. The van der Waals surface area contributed by atoms with Crippen molar-refractivity contribution >= 4 is 0 Å². The van der Waals surface area contributed by atoms with Gasteiger partial charge in [0.2, 0.25) is 0 Å². The molecule has 0 amide bonds. The van der Waals surface area contributed by atoms with E-state index in [1.807, 2.05) is 0 Å². The molecule has 25 heavy (non-hydrogen) atoms. The molecule has 1 aliphatic rings. The van der Waals surface area contributed by atoms with E-state index in [0.29, 0.717) is 5.41 Å². The van der Waals surface area contributed by atoms with E-state index in [4.69, 9.17) is 0 Å². The van der Waals surface area contributed by atoms with Crippen molar-refractivity contribution in [2.45, 2.75) is 67.7 Å². The summed E-state index contributed by atoms with van der Waals surface area (Å²) in [6.07, 6.45) is 23.4. The lowest BCUT2D eigenvalue weighted by Crippen LogP contribution is -2.19. The van der Waals surface area contributed by atoms with Gasteiger partial charge in [-0.2, -0.15) is 0 Å². The second kappa shape index (κ2) is 10.2. The Bertz CT molecular complexity index is 652. The van der Waals surface area contributed by atoms with Crippen molar-refractivity contribution in [3.63, 3.8) is 0 Å². The zero-order valence-electron chi connectivity index (χ0n) is 17.3. The summed E-state index contributed by atoms with van der Waals surface area (Å²) in [6, 6.07) is 0. The molecule has 0 aliphatic heterocycles. The molecule has 1 aliphatic carbocycles. The topological polar surface area (TPSA) is 0 Å². The summed E-state index contributed by atoms with van der Waals surface area (Å²) in [7, 11) is 0. The first-order valence-electron chi connectivity index (χ1n) is 9.47. The van der Waals surface area contributed by atoms with Crippen molar-refractivity contribution in [1.82, 2.24) is 0 Å². The summed E-state index contributed by atoms with van der Waals surface area (Å²) in [5, 5.41) is 0. The molecule has 0 aromatic rings. The normalized spacial score (nSPS) is 20.5. The van der Waals surface area contributed by atoms with Crippen LogP contribution in [0.1, 0.15) is 67.7 Å². The van der Waals surface area contributed by atoms with Crippen LogP contribution >= 0.6 is 0 Å². The van der Waals surface area contributed by atoms with Crippen LogP contribution in [0.4, 0.5) is 0 Å². The Balaban J connectivity index is 2.72. The summed E-state index contributed by atoms with van der Waals surface area (Å²) in [6.45, 7) is 15.5. The fourth-order valence-corrected chi connectivity index (χ4v) is 3.14. The van der Waals surface area contributed by atoms with E-state index in [2.05, 4.69) is 103 Å². The molecular weight excluding hydrogens is 300 g/mol. The van der Waals surface area contributed by atoms with E-state index in [0.717, 1.165) is 0 Å². The van der Waals surface area contributed by atoms with Gasteiger partial charge in [0.15, 0.2) is 0 Å². The van der Waals surface area contributed by atoms with Gasteiger partial charge in [0.1, 0.15) is 0 Å². The van der Waals surface area contributed by atoms with Gasteiger partial charge in [-0.25, -0.2) is 0 Å². The first kappa shape index (κ1) is 21.2. The molecule has 0 heteroatoms. The number of rotatable bonds is 6. The maximum Gasteiger partial charge on any atom is -0.0104 e. The lowest BCUT2D eigenvalue weighted by atomic mass is 9.72. The zero-order valence-corrected chi connectivity index (χ0v) is 17.3. The van der Waals surface area contributed by atoms with Crippen LogP contribution in [0.2, 0.25) is 0 Å². The summed E-state index contributed by atoms with van der Waals surface area (Å²) >= 11 is 0. The quantitative estimate of drug-likeness (QED) is 0.430. The van der Waals surface area contributed by atoms with Crippen LogP contribution in [-0.2, 0) is 0 Å². The Morgan fingerprint density at radius 3 is 2.00 bits per heavy atom. The molecule has 0 aromatic carbocycles. The highest BCUT2D eigenvalue weighted by Gasteiger charge is 2.26. The van der Waals surface area contributed by atoms with Crippen LogP contribution in [0.3, 0.4) is 0 Å². The molecule has 0 nitrogen and oxygen atoms in total. The standard InChI is InChI=1S/C25H36/c1-8-20(2)12-9-13-21(3)14-10-15-22(4)17-18-24-23(5)16-11-19-25(24,6)7/h8-10,12-15,17-18H,11,16,19H2,1-7H3/b12-9+,14-10+,18-17+,20-8+,21-13+,22-15+. The van der Waals surface area contributed by atoms with E-state index in [9.17, 15) is 0 Å². The highest BCUT2D eigenvalue weighted by molar-refractivity contribution is 5.37. The van der Waals surface area contributed by atoms with Crippen LogP contribution in [0.25, 0.3) is 0 Å². The van der Waals surface area contributed by atoms with E-state index in [1.165, 1.54) is 41.6 Å². The van der Waals surface area contributed by atoms with Gasteiger partial charge < -0.3 is 0 Å². The van der Waals surface area contributed by atoms with Crippen molar-refractivity contribution in [2.24, 2.45) is 5.41 Å². The third-order valence-electron chi connectivity index (χ3n) is 4.95. The van der Waals surface area contributed by atoms with Gasteiger partial charge in [0.25, 0.3) is 0 Å². The third kappa shape index (κ3) is 7.73. The predicted molar refractivity (Wildman–Crippen MR) is 115 cm³/mol. The molecule has 0 saturated heterocycles. The summed E-state index contributed by atoms with van der Waals surface area (Å²) < 4.78 is 0. The summed E-state index contributed by atoms with van der Waals surface area (Å²) in [5.74, 6) is 0. The molecule has 1 rings (SSSR count). The first-order chi connectivity index (χ1) is 11.8. The maximum atomic E-state index is 2.37. The van der Waals surface area contributed by atoms with Crippen molar-refractivity contribution in [3.05, 3.63) is 82.5 Å². The molecule has 0 heterocycles. The molecule has 0 atom stereocenters. The second-order valence-corrected chi connectivity index (χ2v) is 7.84. The van der Waals surface area contributed by atoms with Gasteiger partial charge in [0, 0.05) is 0 Å². The largest absolute Gasteiger partial charge is 0.0847 e. The Morgan fingerprint density at radius 2 is 1.44 bits per heavy atom. The molecule has 0 spiro atoms. The van der Waals surface area contributed by atoms with Gasteiger partial charge in [-0.15, -0.1) is 0 Å². The minimum absolute atomic E-state index is 0.311. The van der Waals surface area contributed by atoms with E-state index in [-0.39, 0.29) is 0 Å².